The standard InChI is InChI=1S/C16H28N4/c1-6-17-15-14(11(2)3)16(19-10-18-15)20-8-7-12(4)9-13(20)5/h10-13H,6-9H2,1-5H3,(H,17,18,19). The topological polar surface area (TPSA) is 41.1 Å². The molecule has 0 bridgehead atoms. The van der Waals surface area contributed by atoms with Crippen molar-refractivity contribution in [2.75, 3.05) is 23.3 Å². The van der Waals surface area contributed by atoms with E-state index in [1.165, 1.54) is 18.4 Å². The van der Waals surface area contributed by atoms with Gasteiger partial charge in [-0.2, -0.15) is 0 Å². The molecular formula is C16H28N4. The molecule has 112 valence electrons. The molecule has 2 rings (SSSR count). The molecule has 2 atom stereocenters. The molecule has 1 saturated heterocycles. The van der Waals surface area contributed by atoms with Crippen molar-refractivity contribution in [3.8, 4) is 0 Å². The van der Waals surface area contributed by atoms with Gasteiger partial charge >= 0.3 is 0 Å². The van der Waals surface area contributed by atoms with Crippen LogP contribution in [0.2, 0.25) is 0 Å². The van der Waals surface area contributed by atoms with Gasteiger partial charge in [0.25, 0.3) is 0 Å². The Morgan fingerprint density at radius 3 is 2.70 bits per heavy atom. The number of anilines is 2. The fourth-order valence-corrected chi connectivity index (χ4v) is 3.18. The molecule has 1 aromatic rings. The molecule has 4 nitrogen and oxygen atoms in total. The third kappa shape index (κ3) is 3.05. The SMILES string of the molecule is CCNc1ncnc(N2CCC(C)CC2C)c1C(C)C. The second kappa shape index (κ2) is 6.42. The van der Waals surface area contributed by atoms with Crippen molar-refractivity contribution < 1.29 is 0 Å². The van der Waals surface area contributed by atoms with Gasteiger partial charge in [-0.05, 0) is 38.5 Å². The first-order chi connectivity index (χ1) is 9.54. The lowest BCUT2D eigenvalue weighted by atomic mass is 9.92. The van der Waals surface area contributed by atoms with Crippen molar-refractivity contribution in [1.82, 2.24) is 9.97 Å². The lowest BCUT2D eigenvalue weighted by Crippen LogP contribution is -2.41. The van der Waals surface area contributed by atoms with Crippen molar-refractivity contribution in [2.24, 2.45) is 5.92 Å². The van der Waals surface area contributed by atoms with Crippen LogP contribution in [0, 0.1) is 5.92 Å². The summed E-state index contributed by atoms with van der Waals surface area (Å²) in [5.41, 5.74) is 1.26. The number of rotatable bonds is 4. The molecule has 1 fully saturated rings. The quantitative estimate of drug-likeness (QED) is 0.911. The summed E-state index contributed by atoms with van der Waals surface area (Å²) in [6.45, 7) is 13.2. The molecule has 0 aromatic carbocycles. The van der Waals surface area contributed by atoms with E-state index in [9.17, 15) is 0 Å². The first-order valence-electron chi connectivity index (χ1n) is 7.90. The third-order valence-corrected chi connectivity index (χ3v) is 4.19. The van der Waals surface area contributed by atoms with Crippen LogP contribution >= 0.6 is 0 Å². The summed E-state index contributed by atoms with van der Waals surface area (Å²) in [5.74, 6) is 3.37. The van der Waals surface area contributed by atoms with Gasteiger partial charge < -0.3 is 10.2 Å². The van der Waals surface area contributed by atoms with E-state index in [0.29, 0.717) is 12.0 Å². The van der Waals surface area contributed by atoms with Gasteiger partial charge in [0.2, 0.25) is 0 Å². The minimum Gasteiger partial charge on any atom is -0.370 e. The van der Waals surface area contributed by atoms with Gasteiger partial charge in [-0.15, -0.1) is 0 Å². The van der Waals surface area contributed by atoms with Crippen molar-refractivity contribution in [3.05, 3.63) is 11.9 Å². The Bertz CT molecular complexity index is 444. The normalized spacial score (nSPS) is 23.2. The van der Waals surface area contributed by atoms with Crippen LogP contribution in [0.25, 0.3) is 0 Å². The van der Waals surface area contributed by atoms with Gasteiger partial charge in [0.15, 0.2) is 0 Å². The van der Waals surface area contributed by atoms with Crippen molar-refractivity contribution in [2.45, 2.75) is 59.4 Å². The first kappa shape index (κ1) is 15.1. The zero-order chi connectivity index (χ0) is 14.7. The maximum Gasteiger partial charge on any atom is 0.137 e. The summed E-state index contributed by atoms with van der Waals surface area (Å²) < 4.78 is 0. The van der Waals surface area contributed by atoms with Gasteiger partial charge in [-0.1, -0.05) is 20.8 Å². The predicted octanol–water partition coefficient (Wildman–Crippen LogP) is 3.66. The van der Waals surface area contributed by atoms with Crippen molar-refractivity contribution >= 4 is 11.6 Å². The highest BCUT2D eigenvalue weighted by Crippen LogP contribution is 2.34. The Labute approximate surface area is 123 Å². The molecule has 1 aliphatic rings. The van der Waals surface area contributed by atoms with E-state index in [1.807, 2.05) is 0 Å². The Hall–Kier alpha value is -1.32. The summed E-state index contributed by atoms with van der Waals surface area (Å²) in [6, 6.07) is 0.556. The lowest BCUT2D eigenvalue weighted by molar-refractivity contribution is 0.375. The van der Waals surface area contributed by atoms with E-state index in [2.05, 4.69) is 54.8 Å². The van der Waals surface area contributed by atoms with Crippen LogP contribution in [0.3, 0.4) is 0 Å². The van der Waals surface area contributed by atoms with Gasteiger partial charge in [-0.25, -0.2) is 9.97 Å². The minimum absolute atomic E-state index is 0.423. The number of piperidine rings is 1. The monoisotopic (exact) mass is 276 g/mol. The van der Waals surface area contributed by atoms with Gasteiger partial charge in [0.05, 0.1) is 0 Å². The Kier molecular flexibility index (Phi) is 4.84. The first-order valence-corrected chi connectivity index (χ1v) is 7.90. The number of aromatic nitrogens is 2. The second-order valence-corrected chi connectivity index (χ2v) is 6.32. The maximum atomic E-state index is 4.62. The van der Waals surface area contributed by atoms with Crippen LogP contribution in [0.4, 0.5) is 11.6 Å². The molecule has 0 amide bonds. The summed E-state index contributed by atoms with van der Waals surface area (Å²) in [6.07, 6.45) is 4.20. The molecule has 4 heteroatoms. The average molecular weight is 276 g/mol. The minimum atomic E-state index is 0.423. The molecule has 2 heterocycles. The van der Waals surface area contributed by atoms with Crippen molar-refractivity contribution in [1.29, 1.82) is 0 Å². The number of nitrogens with one attached hydrogen (secondary N) is 1. The molecule has 0 radical (unpaired) electrons. The molecule has 2 unspecified atom stereocenters. The van der Waals surface area contributed by atoms with Gasteiger partial charge in [-0.3, -0.25) is 0 Å². The van der Waals surface area contributed by atoms with Crippen LogP contribution < -0.4 is 10.2 Å². The molecule has 0 saturated carbocycles. The van der Waals surface area contributed by atoms with E-state index in [4.69, 9.17) is 0 Å². The number of hydrogen-bond acceptors (Lipinski definition) is 4. The van der Waals surface area contributed by atoms with Gasteiger partial charge in [0, 0.05) is 24.7 Å². The van der Waals surface area contributed by atoms with Crippen LogP contribution in [-0.4, -0.2) is 29.1 Å². The predicted molar refractivity (Wildman–Crippen MR) is 85.5 cm³/mol. The highest BCUT2D eigenvalue weighted by atomic mass is 15.2. The second-order valence-electron chi connectivity index (χ2n) is 6.32. The fourth-order valence-electron chi connectivity index (χ4n) is 3.18. The highest BCUT2D eigenvalue weighted by molar-refractivity contribution is 5.60. The average Bonchev–Trinajstić information content (AvgIpc) is 2.38. The summed E-state index contributed by atoms with van der Waals surface area (Å²) in [4.78, 5) is 11.5. The van der Waals surface area contributed by atoms with Gasteiger partial charge in [0.1, 0.15) is 18.0 Å². The largest absolute Gasteiger partial charge is 0.370 e. The number of hydrogen-bond donors (Lipinski definition) is 1. The summed E-state index contributed by atoms with van der Waals surface area (Å²) in [7, 11) is 0. The lowest BCUT2D eigenvalue weighted by Gasteiger charge is -2.39. The van der Waals surface area contributed by atoms with E-state index < -0.39 is 0 Å². The summed E-state index contributed by atoms with van der Waals surface area (Å²) >= 11 is 0. The Morgan fingerprint density at radius 2 is 2.10 bits per heavy atom. The van der Waals surface area contributed by atoms with Crippen LogP contribution in [0.1, 0.15) is 58.9 Å². The molecule has 1 aliphatic heterocycles. The molecule has 0 aliphatic carbocycles. The van der Waals surface area contributed by atoms with Crippen LogP contribution in [0.15, 0.2) is 6.33 Å². The zero-order valence-electron chi connectivity index (χ0n) is 13.5. The molecule has 1 aromatic heterocycles. The maximum absolute atomic E-state index is 4.62. The van der Waals surface area contributed by atoms with E-state index in [1.54, 1.807) is 6.33 Å². The van der Waals surface area contributed by atoms with Crippen LogP contribution in [-0.2, 0) is 0 Å². The fraction of sp³-hybridized carbons (Fsp3) is 0.750. The third-order valence-electron chi connectivity index (χ3n) is 4.19. The molecular weight excluding hydrogens is 248 g/mol. The smallest absolute Gasteiger partial charge is 0.137 e. The van der Waals surface area contributed by atoms with Crippen molar-refractivity contribution in [3.63, 3.8) is 0 Å². The number of nitrogens with zero attached hydrogens (tertiary/aromatic N) is 3. The molecule has 20 heavy (non-hydrogen) atoms. The molecule has 1 N–H and O–H groups in total. The zero-order valence-corrected chi connectivity index (χ0v) is 13.5. The van der Waals surface area contributed by atoms with Crippen LogP contribution in [0.5, 0.6) is 0 Å². The highest BCUT2D eigenvalue weighted by Gasteiger charge is 2.27. The van der Waals surface area contributed by atoms with E-state index in [0.717, 1.165) is 30.6 Å². The Balaban J connectivity index is 2.37. The Morgan fingerprint density at radius 1 is 1.35 bits per heavy atom. The molecule has 0 spiro atoms. The van der Waals surface area contributed by atoms with E-state index >= 15 is 0 Å². The summed E-state index contributed by atoms with van der Waals surface area (Å²) in [5, 5.41) is 3.38. The van der Waals surface area contributed by atoms with E-state index in [-0.39, 0.29) is 0 Å².